The summed E-state index contributed by atoms with van der Waals surface area (Å²) >= 11 is 0. The van der Waals surface area contributed by atoms with Crippen molar-refractivity contribution in [2.24, 2.45) is 0 Å². The van der Waals surface area contributed by atoms with Crippen LogP contribution in [-0.2, 0) is 0 Å². The molecule has 78 valence electrons. The van der Waals surface area contributed by atoms with E-state index in [0.29, 0.717) is 12.1 Å². The van der Waals surface area contributed by atoms with E-state index in [1.54, 1.807) is 5.57 Å². The third-order valence-electron chi connectivity index (χ3n) is 3.43. The number of allylic oxidation sites excluding steroid dienone is 2. The van der Waals surface area contributed by atoms with Crippen LogP contribution in [0, 0.1) is 0 Å². The quantitative estimate of drug-likeness (QED) is 0.682. The molecule has 1 N–H and O–H groups in total. The van der Waals surface area contributed by atoms with Gasteiger partial charge in [-0.3, -0.25) is 0 Å². The molecule has 2 nitrogen and oxygen atoms in total. The molecule has 2 atom stereocenters. The van der Waals surface area contributed by atoms with Crippen LogP contribution >= 0.6 is 0 Å². The minimum absolute atomic E-state index is 0.590. The second-order valence-corrected chi connectivity index (χ2v) is 4.33. The largest absolute Gasteiger partial charge is 0.372 e. The molecule has 1 heterocycles. The Morgan fingerprint density at radius 3 is 3.07 bits per heavy atom. The zero-order chi connectivity index (χ0) is 9.97. The summed E-state index contributed by atoms with van der Waals surface area (Å²) in [5.41, 5.74) is 1.60. The van der Waals surface area contributed by atoms with Crippen LogP contribution in [0.1, 0.15) is 25.7 Å². The van der Waals surface area contributed by atoms with E-state index in [2.05, 4.69) is 42.7 Å². The van der Waals surface area contributed by atoms with Gasteiger partial charge in [0.15, 0.2) is 0 Å². The number of hydrogen-bond acceptors (Lipinski definition) is 2. The van der Waals surface area contributed by atoms with Crippen LogP contribution in [0.15, 0.2) is 23.9 Å². The van der Waals surface area contributed by atoms with Crippen molar-refractivity contribution in [3.63, 3.8) is 0 Å². The monoisotopic (exact) mass is 192 g/mol. The second-order valence-electron chi connectivity index (χ2n) is 4.33. The number of rotatable bonds is 1. The number of likely N-dealkylation sites (N-methyl/N-ethyl adjacent to an activating group) is 2. The van der Waals surface area contributed by atoms with Crippen LogP contribution in [0.4, 0.5) is 0 Å². The molecule has 0 amide bonds. The standard InChI is InChI=1S/C12H20N2/c1-13-11-8-4-3-6-10-7-5-9-14(2)12(10)11/h5,7,9,11-13H,3-4,6,8H2,1-2H3. The molecule has 1 aliphatic heterocycles. The first kappa shape index (κ1) is 9.78. The summed E-state index contributed by atoms with van der Waals surface area (Å²) < 4.78 is 0. The van der Waals surface area contributed by atoms with Crippen LogP contribution in [0.2, 0.25) is 0 Å². The van der Waals surface area contributed by atoms with Crippen molar-refractivity contribution in [2.75, 3.05) is 14.1 Å². The molecule has 2 aliphatic rings. The maximum absolute atomic E-state index is 3.46. The van der Waals surface area contributed by atoms with E-state index in [-0.39, 0.29) is 0 Å². The minimum atomic E-state index is 0.590. The maximum Gasteiger partial charge on any atom is 0.0649 e. The number of nitrogens with zero attached hydrogens (tertiary/aromatic N) is 1. The van der Waals surface area contributed by atoms with E-state index < -0.39 is 0 Å². The Kier molecular flexibility index (Phi) is 2.92. The van der Waals surface area contributed by atoms with Crippen molar-refractivity contribution in [2.45, 2.75) is 37.8 Å². The van der Waals surface area contributed by atoms with Crippen LogP contribution in [0.3, 0.4) is 0 Å². The Morgan fingerprint density at radius 2 is 2.29 bits per heavy atom. The molecule has 14 heavy (non-hydrogen) atoms. The number of hydrogen-bond donors (Lipinski definition) is 1. The average Bonchev–Trinajstić information content (AvgIpc) is 2.40. The van der Waals surface area contributed by atoms with Gasteiger partial charge >= 0.3 is 0 Å². The van der Waals surface area contributed by atoms with Gasteiger partial charge < -0.3 is 10.2 Å². The summed E-state index contributed by atoms with van der Waals surface area (Å²) in [4.78, 5) is 2.35. The van der Waals surface area contributed by atoms with Gasteiger partial charge in [-0.25, -0.2) is 0 Å². The Bertz CT molecular complexity index is 255. The Labute approximate surface area is 86.7 Å². The molecule has 0 radical (unpaired) electrons. The van der Waals surface area contributed by atoms with Gasteiger partial charge in [-0.05, 0) is 44.2 Å². The third kappa shape index (κ3) is 1.71. The van der Waals surface area contributed by atoms with Gasteiger partial charge in [-0.1, -0.05) is 12.5 Å². The van der Waals surface area contributed by atoms with Gasteiger partial charge in [-0.15, -0.1) is 0 Å². The fraction of sp³-hybridized carbons (Fsp3) is 0.667. The normalized spacial score (nSPS) is 32.1. The van der Waals surface area contributed by atoms with Crippen molar-refractivity contribution in [3.05, 3.63) is 23.9 Å². The summed E-state index contributed by atoms with van der Waals surface area (Å²) in [5.74, 6) is 0. The van der Waals surface area contributed by atoms with Crippen LogP contribution in [0.25, 0.3) is 0 Å². The van der Waals surface area contributed by atoms with E-state index in [0.717, 1.165) is 0 Å². The van der Waals surface area contributed by atoms with Gasteiger partial charge in [0.25, 0.3) is 0 Å². The highest BCUT2D eigenvalue weighted by Crippen LogP contribution is 2.28. The fourth-order valence-electron chi connectivity index (χ4n) is 2.68. The van der Waals surface area contributed by atoms with E-state index in [1.807, 2.05) is 0 Å². The minimum Gasteiger partial charge on any atom is -0.372 e. The lowest BCUT2D eigenvalue weighted by molar-refractivity contribution is 0.286. The first-order valence-electron chi connectivity index (χ1n) is 5.59. The summed E-state index contributed by atoms with van der Waals surface area (Å²) in [7, 11) is 4.27. The molecule has 2 unspecified atom stereocenters. The molecule has 2 rings (SSSR count). The second kappa shape index (κ2) is 4.18. The van der Waals surface area contributed by atoms with E-state index in [1.165, 1.54) is 25.7 Å². The SMILES string of the molecule is CNC1CCCCC2=CC=CN(C)C21. The summed E-state index contributed by atoms with van der Waals surface area (Å²) in [6.45, 7) is 0. The molecule has 0 saturated heterocycles. The Hall–Kier alpha value is -0.760. The van der Waals surface area contributed by atoms with Crippen LogP contribution in [-0.4, -0.2) is 31.1 Å². The van der Waals surface area contributed by atoms with Gasteiger partial charge in [0.1, 0.15) is 0 Å². The molecule has 2 heteroatoms. The topological polar surface area (TPSA) is 15.3 Å². The van der Waals surface area contributed by atoms with Crippen molar-refractivity contribution in [1.29, 1.82) is 0 Å². The highest BCUT2D eigenvalue weighted by Gasteiger charge is 2.29. The first-order valence-corrected chi connectivity index (χ1v) is 5.59. The van der Waals surface area contributed by atoms with Crippen molar-refractivity contribution < 1.29 is 0 Å². The van der Waals surface area contributed by atoms with E-state index in [9.17, 15) is 0 Å². The lowest BCUT2D eigenvalue weighted by atomic mass is 9.94. The molecule has 0 aromatic carbocycles. The number of nitrogens with one attached hydrogen (secondary N) is 1. The maximum atomic E-state index is 3.46. The predicted molar refractivity (Wildman–Crippen MR) is 60.1 cm³/mol. The predicted octanol–water partition coefficient (Wildman–Crippen LogP) is 1.90. The molecular formula is C12H20N2. The zero-order valence-electron chi connectivity index (χ0n) is 9.16. The van der Waals surface area contributed by atoms with Gasteiger partial charge in [0, 0.05) is 13.1 Å². The summed E-state index contributed by atoms with van der Waals surface area (Å²) in [5, 5.41) is 3.46. The highest BCUT2D eigenvalue weighted by atomic mass is 15.2. The van der Waals surface area contributed by atoms with Gasteiger partial charge in [-0.2, -0.15) is 0 Å². The lowest BCUT2D eigenvalue weighted by Gasteiger charge is -2.36. The fourth-order valence-corrected chi connectivity index (χ4v) is 2.68. The van der Waals surface area contributed by atoms with E-state index >= 15 is 0 Å². The molecule has 0 bridgehead atoms. The van der Waals surface area contributed by atoms with Crippen molar-refractivity contribution >= 4 is 0 Å². The third-order valence-corrected chi connectivity index (χ3v) is 3.43. The molecular weight excluding hydrogens is 172 g/mol. The van der Waals surface area contributed by atoms with Crippen molar-refractivity contribution in [1.82, 2.24) is 10.2 Å². The highest BCUT2D eigenvalue weighted by molar-refractivity contribution is 5.26. The lowest BCUT2D eigenvalue weighted by Crippen LogP contribution is -2.46. The van der Waals surface area contributed by atoms with E-state index in [4.69, 9.17) is 0 Å². The molecule has 1 fully saturated rings. The van der Waals surface area contributed by atoms with Gasteiger partial charge in [0.2, 0.25) is 0 Å². The smallest absolute Gasteiger partial charge is 0.0649 e. The molecule has 0 aromatic heterocycles. The molecule has 1 saturated carbocycles. The van der Waals surface area contributed by atoms with Crippen LogP contribution in [0.5, 0.6) is 0 Å². The molecule has 0 spiro atoms. The molecule has 0 aromatic rings. The zero-order valence-corrected chi connectivity index (χ0v) is 9.16. The number of fused-ring (bicyclic) bond motifs is 1. The molecule has 1 aliphatic carbocycles. The van der Waals surface area contributed by atoms with Crippen LogP contribution < -0.4 is 5.32 Å². The Balaban J connectivity index is 2.23. The first-order chi connectivity index (χ1) is 6.83. The Morgan fingerprint density at radius 1 is 1.43 bits per heavy atom. The summed E-state index contributed by atoms with van der Waals surface area (Å²) in [6.07, 6.45) is 11.9. The average molecular weight is 192 g/mol. The summed E-state index contributed by atoms with van der Waals surface area (Å²) in [6, 6.07) is 1.21. The van der Waals surface area contributed by atoms with Crippen molar-refractivity contribution in [3.8, 4) is 0 Å². The van der Waals surface area contributed by atoms with Gasteiger partial charge in [0.05, 0.1) is 6.04 Å².